The van der Waals surface area contributed by atoms with Gasteiger partial charge < -0.3 is 29.7 Å². The first-order valence-corrected chi connectivity index (χ1v) is 13.6. The number of methoxy groups -OCH3 is 1. The third-order valence-corrected chi connectivity index (χ3v) is 7.43. The summed E-state index contributed by atoms with van der Waals surface area (Å²) in [5.74, 6) is -2.55. The lowest BCUT2D eigenvalue weighted by Crippen LogP contribution is -2.59. The van der Waals surface area contributed by atoms with Crippen LogP contribution < -0.4 is 10.6 Å². The van der Waals surface area contributed by atoms with Crippen molar-refractivity contribution in [1.82, 2.24) is 25.5 Å². The average molecular weight is 548 g/mol. The highest BCUT2D eigenvalue weighted by Gasteiger charge is 2.55. The first-order chi connectivity index (χ1) is 18.6. The van der Waals surface area contributed by atoms with Crippen LogP contribution in [0.25, 0.3) is 0 Å². The maximum Gasteiger partial charge on any atom is 0.329 e. The average Bonchev–Trinajstić information content (AvgIpc) is 3.48. The molecule has 1 aromatic rings. The standard InChI is InChI=1S/C27H41N5O7/c1-7-38-27(36)23-17-8-9-20(39-14-37-6)18(17)13-32(23)26(35)22(16(4)5)31-25(34)21(15(2)3)30-24(33)19-12-28-10-11-29-19/h10-12,15-18,20-23H,7-9,13-14H2,1-6H3,(H,30,33)(H,31,34)/t17-,18-,20+,21+,22-,23-/m0/s1. The van der Waals surface area contributed by atoms with E-state index < -0.39 is 35.9 Å². The van der Waals surface area contributed by atoms with Gasteiger partial charge in [-0.15, -0.1) is 0 Å². The maximum absolute atomic E-state index is 14.0. The second-order valence-corrected chi connectivity index (χ2v) is 10.7. The number of likely N-dealkylation sites (tertiary alicyclic amines) is 1. The Morgan fingerprint density at radius 3 is 2.33 bits per heavy atom. The minimum absolute atomic E-state index is 0.0447. The summed E-state index contributed by atoms with van der Waals surface area (Å²) in [6.07, 6.45) is 5.50. The lowest BCUT2D eigenvalue weighted by atomic mass is 9.93. The van der Waals surface area contributed by atoms with Crippen LogP contribution in [0.2, 0.25) is 0 Å². The zero-order valence-electron chi connectivity index (χ0n) is 23.6. The predicted octanol–water partition coefficient (Wildman–Crippen LogP) is 1.16. The predicted molar refractivity (Wildman–Crippen MR) is 140 cm³/mol. The first kappa shape index (κ1) is 30.4. The van der Waals surface area contributed by atoms with E-state index in [4.69, 9.17) is 14.2 Å². The van der Waals surface area contributed by atoms with E-state index in [1.54, 1.807) is 32.8 Å². The summed E-state index contributed by atoms with van der Waals surface area (Å²) in [5, 5.41) is 5.56. The Kier molecular flexibility index (Phi) is 10.8. The Bertz CT molecular complexity index is 1010. The maximum atomic E-state index is 14.0. The highest BCUT2D eigenvalue weighted by Crippen LogP contribution is 2.44. The molecule has 1 saturated carbocycles. The third kappa shape index (κ3) is 7.10. The number of carbonyl (C=O) groups is 4. The van der Waals surface area contributed by atoms with E-state index >= 15 is 0 Å². The summed E-state index contributed by atoms with van der Waals surface area (Å²) in [6, 6.07) is -2.59. The molecule has 3 amide bonds. The molecule has 0 bridgehead atoms. The molecule has 2 aliphatic rings. The van der Waals surface area contributed by atoms with Gasteiger partial charge in [0.05, 0.1) is 18.9 Å². The molecule has 216 valence electrons. The molecule has 1 aromatic heterocycles. The van der Waals surface area contributed by atoms with Gasteiger partial charge in [0.15, 0.2) is 0 Å². The van der Waals surface area contributed by atoms with Crippen LogP contribution in [0.3, 0.4) is 0 Å². The molecule has 39 heavy (non-hydrogen) atoms. The van der Waals surface area contributed by atoms with Crippen molar-refractivity contribution in [3.05, 3.63) is 24.3 Å². The van der Waals surface area contributed by atoms with Crippen molar-refractivity contribution in [2.45, 2.75) is 71.7 Å². The second-order valence-electron chi connectivity index (χ2n) is 10.7. The van der Waals surface area contributed by atoms with Crippen LogP contribution in [0, 0.1) is 23.7 Å². The number of nitrogens with one attached hydrogen (secondary N) is 2. The van der Waals surface area contributed by atoms with Crippen LogP contribution in [0.5, 0.6) is 0 Å². The summed E-state index contributed by atoms with van der Waals surface area (Å²) in [5.41, 5.74) is 0.0820. The van der Waals surface area contributed by atoms with E-state index in [0.29, 0.717) is 6.54 Å². The molecule has 1 aliphatic carbocycles. The number of nitrogens with zero attached hydrogens (tertiary/aromatic N) is 3. The lowest BCUT2D eigenvalue weighted by molar-refractivity contribution is -0.155. The van der Waals surface area contributed by atoms with Crippen LogP contribution in [0.4, 0.5) is 0 Å². The summed E-state index contributed by atoms with van der Waals surface area (Å²) in [6.45, 7) is 9.62. The van der Waals surface area contributed by atoms with Gasteiger partial charge in [0.2, 0.25) is 11.8 Å². The van der Waals surface area contributed by atoms with Gasteiger partial charge in [0.1, 0.15) is 30.6 Å². The molecule has 0 radical (unpaired) electrons. The third-order valence-electron chi connectivity index (χ3n) is 7.43. The molecule has 0 unspecified atom stereocenters. The topological polar surface area (TPSA) is 149 Å². The Hall–Kier alpha value is -3.12. The minimum Gasteiger partial charge on any atom is -0.464 e. The smallest absolute Gasteiger partial charge is 0.329 e. The Labute approximate surface area is 229 Å². The summed E-state index contributed by atoms with van der Waals surface area (Å²) in [4.78, 5) is 62.5. The molecule has 12 heteroatoms. The van der Waals surface area contributed by atoms with Gasteiger partial charge in [0, 0.05) is 32.0 Å². The number of hydrogen-bond acceptors (Lipinski definition) is 9. The van der Waals surface area contributed by atoms with E-state index in [1.165, 1.54) is 18.6 Å². The summed E-state index contributed by atoms with van der Waals surface area (Å²) < 4.78 is 16.3. The van der Waals surface area contributed by atoms with E-state index in [1.807, 2.05) is 13.8 Å². The van der Waals surface area contributed by atoms with Crippen molar-refractivity contribution >= 4 is 23.7 Å². The van der Waals surface area contributed by atoms with Crippen molar-refractivity contribution in [2.75, 3.05) is 27.1 Å². The zero-order chi connectivity index (χ0) is 28.7. The van der Waals surface area contributed by atoms with Gasteiger partial charge in [-0.2, -0.15) is 0 Å². The number of carbonyl (C=O) groups excluding carboxylic acids is 4. The molecule has 12 nitrogen and oxygen atoms in total. The van der Waals surface area contributed by atoms with Crippen molar-refractivity contribution in [2.24, 2.45) is 23.7 Å². The normalized spacial score (nSPS) is 23.8. The first-order valence-electron chi connectivity index (χ1n) is 13.6. The second kappa shape index (κ2) is 13.8. The number of aromatic nitrogens is 2. The van der Waals surface area contributed by atoms with Crippen LogP contribution in [-0.4, -0.2) is 89.8 Å². The zero-order valence-corrected chi connectivity index (χ0v) is 23.6. The number of ether oxygens (including phenoxy) is 3. The molecule has 1 aliphatic heterocycles. The van der Waals surface area contributed by atoms with Gasteiger partial charge in [-0.3, -0.25) is 19.4 Å². The lowest BCUT2D eigenvalue weighted by Gasteiger charge is -2.33. The molecule has 0 spiro atoms. The molecule has 1 saturated heterocycles. The fraction of sp³-hybridized carbons (Fsp3) is 0.704. The number of rotatable bonds is 12. The Morgan fingerprint density at radius 1 is 1.03 bits per heavy atom. The number of fused-ring (bicyclic) bond motifs is 1. The molecule has 6 atom stereocenters. The summed E-state index contributed by atoms with van der Waals surface area (Å²) >= 11 is 0. The van der Waals surface area contributed by atoms with E-state index in [-0.39, 0.29) is 54.8 Å². The van der Waals surface area contributed by atoms with Gasteiger partial charge >= 0.3 is 5.97 Å². The fourth-order valence-electron chi connectivity index (χ4n) is 5.50. The van der Waals surface area contributed by atoms with E-state index in [9.17, 15) is 19.2 Å². The van der Waals surface area contributed by atoms with E-state index in [2.05, 4.69) is 20.6 Å². The van der Waals surface area contributed by atoms with Crippen molar-refractivity contribution in [1.29, 1.82) is 0 Å². The van der Waals surface area contributed by atoms with Crippen molar-refractivity contribution in [3.63, 3.8) is 0 Å². The van der Waals surface area contributed by atoms with Crippen molar-refractivity contribution < 1.29 is 33.4 Å². The molecule has 2 N–H and O–H groups in total. The highest BCUT2D eigenvalue weighted by atomic mass is 16.7. The molecule has 0 aromatic carbocycles. The molecular formula is C27H41N5O7. The molecular weight excluding hydrogens is 506 g/mol. The number of amides is 3. The van der Waals surface area contributed by atoms with Gasteiger partial charge in [-0.05, 0) is 37.5 Å². The number of hydrogen-bond donors (Lipinski definition) is 2. The van der Waals surface area contributed by atoms with Crippen LogP contribution in [0.15, 0.2) is 18.6 Å². The highest BCUT2D eigenvalue weighted by molar-refractivity contribution is 5.97. The summed E-state index contributed by atoms with van der Waals surface area (Å²) in [7, 11) is 1.55. The molecule has 2 heterocycles. The molecule has 2 fully saturated rings. The SMILES string of the molecule is CCOC(=O)[C@@H]1[C@H]2CC[C@@H](OCOC)[C@H]2CN1C(=O)[C@@H](NC(=O)[C@H](NC(=O)c1cnccn1)C(C)C)C(C)C. The quantitative estimate of drug-likeness (QED) is 0.290. The van der Waals surface area contributed by atoms with Crippen LogP contribution in [0.1, 0.15) is 57.9 Å². The van der Waals surface area contributed by atoms with Crippen LogP contribution in [-0.2, 0) is 28.6 Å². The minimum atomic E-state index is -0.917. The van der Waals surface area contributed by atoms with E-state index in [0.717, 1.165) is 12.8 Å². The van der Waals surface area contributed by atoms with Gasteiger partial charge in [0.25, 0.3) is 5.91 Å². The fourth-order valence-corrected chi connectivity index (χ4v) is 5.50. The Balaban J connectivity index is 1.79. The monoisotopic (exact) mass is 547 g/mol. The van der Waals surface area contributed by atoms with Gasteiger partial charge in [-0.25, -0.2) is 9.78 Å². The van der Waals surface area contributed by atoms with Gasteiger partial charge in [-0.1, -0.05) is 27.7 Å². The van der Waals surface area contributed by atoms with Crippen molar-refractivity contribution in [3.8, 4) is 0 Å². The number of esters is 1. The van der Waals surface area contributed by atoms with Crippen LogP contribution >= 0.6 is 0 Å². The largest absolute Gasteiger partial charge is 0.464 e. The molecule has 3 rings (SSSR count). The Morgan fingerprint density at radius 2 is 1.74 bits per heavy atom.